The minimum Gasteiger partial charge on any atom is -0.497 e. The van der Waals surface area contributed by atoms with E-state index in [-0.39, 0.29) is 18.0 Å². The van der Waals surface area contributed by atoms with Crippen molar-refractivity contribution in [1.29, 1.82) is 0 Å². The molecule has 0 saturated heterocycles. The zero-order valence-corrected chi connectivity index (χ0v) is 17.2. The largest absolute Gasteiger partial charge is 0.497 e. The minimum absolute atomic E-state index is 0.0749. The Balaban J connectivity index is 1.47. The second-order valence-corrected chi connectivity index (χ2v) is 6.94. The molecule has 0 unspecified atom stereocenters. The average molecular weight is 418 g/mol. The molecule has 0 aliphatic carbocycles. The maximum Gasteiger partial charge on any atom is 0.277 e. The monoisotopic (exact) mass is 418 g/mol. The number of rotatable bonds is 7. The predicted octanol–water partition coefficient (Wildman–Crippen LogP) is 2.50. The van der Waals surface area contributed by atoms with Crippen molar-refractivity contribution in [1.82, 2.24) is 19.5 Å². The van der Waals surface area contributed by atoms with Crippen LogP contribution in [0.4, 0.5) is 0 Å². The second kappa shape index (κ2) is 8.74. The van der Waals surface area contributed by atoms with E-state index in [0.717, 1.165) is 22.6 Å². The number of hydrogen-bond donors (Lipinski definition) is 1. The number of benzene rings is 2. The normalized spacial score (nSPS) is 10.8. The lowest BCUT2D eigenvalue weighted by Crippen LogP contribution is -2.32. The van der Waals surface area contributed by atoms with Gasteiger partial charge in [0, 0.05) is 24.5 Å². The number of methoxy groups -OCH3 is 2. The highest BCUT2D eigenvalue weighted by atomic mass is 16.5. The van der Waals surface area contributed by atoms with E-state index >= 15 is 0 Å². The van der Waals surface area contributed by atoms with E-state index in [1.54, 1.807) is 32.7 Å². The van der Waals surface area contributed by atoms with Crippen molar-refractivity contribution in [3.63, 3.8) is 0 Å². The van der Waals surface area contributed by atoms with Crippen LogP contribution < -0.4 is 20.3 Å². The van der Waals surface area contributed by atoms with Crippen molar-refractivity contribution in [3.8, 4) is 22.8 Å². The Kier molecular flexibility index (Phi) is 5.70. The third kappa shape index (κ3) is 4.42. The van der Waals surface area contributed by atoms with E-state index < -0.39 is 0 Å². The number of carbonyl (C=O) groups is 1. The number of ether oxygens (including phenoxy) is 2. The van der Waals surface area contributed by atoms with Gasteiger partial charge in [-0.25, -0.2) is 4.52 Å². The maximum absolute atomic E-state index is 12.8. The third-order valence-corrected chi connectivity index (χ3v) is 4.95. The van der Waals surface area contributed by atoms with Gasteiger partial charge in [-0.15, -0.1) is 0 Å². The van der Waals surface area contributed by atoms with Gasteiger partial charge in [-0.1, -0.05) is 12.1 Å². The van der Waals surface area contributed by atoms with Gasteiger partial charge in [0.25, 0.3) is 5.56 Å². The Hall–Kier alpha value is -4.07. The molecule has 4 aromatic rings. The quantitative estimate of drug-likeness (QED) is 0.498. The van der Waals surface area contributed by atoms with Gasteiger partial charge in [0.15, 0.2) is 0 Å². The lowest BCUT2D eigenvalue weighted by atomic mass is 10.1. The topological polar surface area (TPSA) is 86.9 Å². The highest BCUT2D eigenvalue weighted by Crippen LogP contribution is 2.21. The molecule has 4 rings (SSSR count). The predicted molar refractivity (Wildman–Crippen MR) is 116 cm³/mol. The molecule has 8 heteroatoms. The van der Waals surface area contributed by atoms with Gasteiger partial charge in [0.2, 0.25) is 5.91 Å². The Morgan fingerprint density at radius 2 is 1.61 bits per heavy atom. The second-order valence-electron chi connectivity index (χ2n) is 6.94. The number of amides is 1. The van der Waals surface area contributed by atoms with Crippen molar-refractivity contribution in [3.05, 3.63) is 82.9 Å². The summed E-state index contributed by atoms with van der Waals surface area (Å²) in [5, 5.41) is 7.29. The van der Waals surface area contributed by atoms with Crippen LogP contribution in [0.2, 0.25) is 0 Å². The summed E-state index contributed by atoms with van der Waals surface area (Å²) in [4.78, 5) is 25.2. The molecule has 158 valence electrons. The molecule has 0 spiro atoms. The number of hydrogen-bond acceptors (Lipinski definition) is 5. The van der Waals surface area contributed by atoms with Crippen molar-refractivity contribution in [2.24, 2.45) is 0 Å². The van der Waals surface area contributed by atoms with E-state index in [9.17, 15) is 9.59 Å². The van der Waals surface area contributed by atoms with Gasteiger partial charge in [0.1, 0.15) is 23.6 Å². The van der Waals surface area contributed by atoms with E-state index in [0.29, 0.717) is 17.8 Å². The minimum atomic E-state index is -0.283. The molecule has 1 N–H and O–H groups in total. The highest BCUT2D eigenvalue weighted by molar-refractivity contribution is 5.76. The SMILES string of the molecule is COc1ccc(CNC(=O)Cn2ccn3nc(-c4ccc(OC)cc4)cc3c2=O)cc1. The van der Waals surface area contributed by atoms with Gasteiger partial charge in [0.05, 0.1) is 19.9 Å². The van der Waals surface area contributed by atoms with E-state index in [1.165, 1.54) is 9.08 Å². The summed E-state index contributed by atoms with van der Waals surface area (Å²) in [5.74, 6) is 1.25. The summed E-state index contributed by atoms with van der Waals surface area (Å²) in [6.07, 6.45) is 3.23. The van der Waals surface area contributed by atoms with Gasteiger partial charge < -0.3 is 19.4 Å². The molecule has 0 aliphatic rings. The number of carbonyl (C=O) groups excluding carboxylic acids is 1. The van der Waals surface area contributed by atoms with Crippen LogP contribution in [0, 0.1) is 0 Å². The lowest BCUT2D eigenvalue weighted by Gasteiger charge is -2.08. The first-order valence-corrected chi connectivity index (χ1v) is 9.70. The highest BCUT2D eigenvalue weighted by Gasteiger charge is 2.11. The van der Waals surface area contributed by atoms with Crippen LogP contribution in [0.25, 0.3) is 16.8 Å². The summed E-state index contributed by atoms with van der Waals surface area (Å²) in [6.45, 7) is 0.294. The Morgan fingerprint density at radius 1 is 0.968 bits per heavy atom. The molecular weight excluding hydrogens is 396 g/mol. The van der Waals surface area contributed by atoms with Crippen LogP contribution in [-0.2, 0) is 17.9 Å². The smallest absolute Gasteiger partial charge is 0.277 e. The number of nitrogens with zero attached hydrogens (tertiary/aromatic N) is 3. The van der Waals surface area contributed by atoms with E-state index in [4.69, 9.17) is 9.47 Å². The van der Waals surface area contributed by atoms with Gasteiger partial charge in [-0.05, 0) is 48.0 Å². The Morgan fingerprint density at radius 3 is 2.26 bits per heavy atom. The van der Waals surface area contributed by atoms with Crippen molar-refractivity contribution in [2.75, 3.05) is 14.2 Å². The molecule has 1 amide bonds. The molecule has 0 fully saturated rings. The molecule has 0 bridgehead atoms. The Labute approximate surface area is 178 Å². The van der Waals surface area contributed by atoms with E-state index in [1.807, 2.05) is 48.5 Å². The number of aromatic nitrogens is 3. The van der Waals surface area contributed by atoms with Crippen molar-refractivity contribution >= 4 is 11.4 Å². The van der Waals surface area contributed by atoms with Crippen LogP contribution in [0.15, 0.2) is 71.8 Å². The fraction of sp³-hybridized carbons (Fsp3) is 0.174. The summed E-state index contributed by atoms with van der Waals surface area (Å²) in [6, 6.07) is 16.6. The first kappa shape index (κ1) is 20.2. The van der Waals surface area contributed by atoms with Crippen LogP contribution in [0.5, 0.6) is 11.5 Å². The van der Waals surface area contributed by atoms with Crippen LogP contribution >= 0.6 is 0 Å². The number of fused-ring (bicyclic) bond motifs is 1. The average Bonchev–Trinajstić information content (AvgIpc) is 3.25. The molecule has 0 aliphatic heterocycles. The standard InChI is InChI=1S/C23H22N4O4/c1-30-18-7-3-16(4-8-18)14-24-22(28)15-26-11-12-27-21(23(26)29)13-20(25-27)17-5-9-19(31-2)10-6-17/h3-13H,14-15H2,1-2H3,(H,24,28). The van der Waals surface area contributed by atoms with Gasteiger partial charge >= 0.3 is 0 Å². The van der Waals surface area contributed by atoms with Crippen LogP contribution in [0.3, 0.4) is 0 Å². The third-order valence-electron chi connectivity index (χ3n) is 4.95. The summed E-state index contributed by atoms with van der Waals surface area (Å²) < 4.78 is 13.2. The zero-order chi connectivity index (χ0) is 21.8. The molecule has 0 atom stereocenters. The summed E-state index contributed by atoms with van der Waals surface area (Å²) >= 11 is 0. The maximum atomic E-state index is 12.8. The van der Waals surface area contributed by atoms with Crippen molar-refractivity contribution < 1.29 is 14.3 Å². The number of nitrogens with one attached hydrogen (secondary N) is 1. The molecule has 31 heavy (non-hydrogen) atoms. The molecule has 0 radical (unpaired) electrons. The van der Waals surface area contributed by atoms with E-state index in [2.05, 4.69) is 10.4 Å². The summed E-state index contributed by atoms with van der Waals surface area (Å²) in [7, 11) is 3.21. The van der Waals surface area contributed by atoms with Crippen LogP contribution in [-0.4, -0.2) is 34.3 Å². The van der Waals surface area contributed by atoms with Crippen LogP contribution in [0.1, 0.15) is 5.56 Å². The first-order chi connectivity index (χ1) is 15.1. The van der Waals surface area contributed by atoms with Gasteiger partial charge in [-0.3, -0.25) is 9.59 Å². The zero-order valence-electron chi connectivity index (χ0n) is 17.2. The molecule has 2 aromatic heterocycles. The fourth-order valence-corrected chi connectivity index (χ4v) is 3.21. The lowest BCUT2D eigenvalue weighted by molar-refractivity contribution is -0.121. The fourth-order valence-electron chi connectivity index (χ4n) is 3.21. The summed E-state index contributed by atoms with van der Waals surface area (Å²) in [5.41, 5.74) is 2.59. The molecule has 0 saturated carbocycles. The Bertz CT molecular complexity index is 1260. The molecule has 8 nitrogen and oxygen atoms in total. The molecular formula is C23H22N4O4. The van der Waals surface area contributed by atoms with Gasteiger partial charge in [-0.2, -0.15) is 5.10 Å². The molecule has 2 aromatic carbocycles. The molecule has 2 heterocycles. The van der Waals surface area contributed by atoms with Crippen molar-refractivity contribution in [2.45, 2.75) is 13.1 Å². The first-order valence-electron chi connectivity index (χ1n) is 9.70.